The van der Waals surface area contributed by atoms with Crippen LogP contribution in [-0.2, 0) is 4.79 Å². The molecule has 6 heteroatoms. The van der Waals surface area contributed by atoms with Gasteiger partial charge < -0.3 is 24.3 Å². The predicted molar refractivity (Wildman–Crippen MR) is 103 cm³/mol. The lowest BCUT2D eigenvalue weighted by Crippen LogP contribution is -2.46. The second-order valence-electron chi connectivity index (χ2n) is 7.63. The summed E-state index contributed by atoms with van der Waals surface area (Å²) in [4.78, 5) is 12.8. The van der Waals surface area contributed by atoms with Crippen molar-refractivity contribution >= 4 is 11.6 Å². The standard InChI is InChI=1S/C22H23NO5/c1-14-20(26-17-8-4-3-7-16(17)25-14)21(24)23-15-9-10-18-19(13-15)28-22(27-18)11-5-2-6-12-22/h3-4,7-10,13-14,20H,2,5-6,11-12H2,1H3,(H,23,24)/t14-,20-/m1/s1. The minimum Gasteiger partial charge on any atom is -0.482 e. The van der Waals surface area contributed by atoms with Crippen LogP contribution in [0.25, 0.3) is 0 Å². The molecule has 1 fully saturated rings. The molecule has 0 bridgehead atoms. The summed E-state index contributed by atoms with van der Waals surface area (Å²) in [5, 5.41) is 2.91. The second kappa shape index (κ2) is 6.62. The van der Waals surface area contributed by atoms with E-state index < -0.39 is 18.0 Å². The van der Waals surface area contributed by atoms with E-state index in [4.69, 9.17) is 18.9 Å². The third kappa shape index (κ3) is 3.03. The molecule has 2 atom stereocenters. The number of anilines is 1. The van der Waals surface area contributed by atoms with Gasteiger partial charge in [-0.1, -0.05) is 18.6 Å². The van der Waals surface area contributed by atoms with Gasteiger partial charge in [0.25, 0.3) is 11.7 Å². The topological polar surface area (TPSA) is 66.0 Å². The molecule has 2 heterocycles. The summed E-state index contributed by atoms with van der Waals surface area (Å²) in [6.07, 6.45) is 4.10. The molecule has 0 unspecified atom stereocenters. The zero-order valence-corrected chi connectivity index (χ0v) is 15.8. The van der Waals surface area contributed by atoms with Gasteiger partial charge in [0.15, 0.2) is 23.0 Å². The van der Waals surface area contributed by atoms with Crippen LogP contribution < -0.4 is 24.3 Å². The maximum absolute atomic E-state index is 12.8. The first-order valence-electron chi connectivity index (χ1n) is 9.87. The summed E-state index contributed by atoms with van der Waals surface area (Å²) >= 11 is 0. The number of nitrogens with one attached hydrogen (secondary N) is 1. The quantitative estimate of drug-likeness (QED) is 0.841. The SMILES string of the molecule is C[C@H]1Oc2ccccc2O[C@H]1C(=O)Nc1ccc2c(c1)OC1(CCCCC1)O2. The number of benzene rings is 2. The summed E-state index contributed by atoms with van der Waals surface area (Å²) in [5.74, 6) is 1.86. The van der Waals surface area contributed by atoms with Crippen LogP contribution >= 0.6 is 0 Å². The fourth-order valence-corrected chi connectivity index (χ4v) is 4.09. The first-order chi connectivity index (χ1) is 13.6. The Bertz CT molecular complexity index is 906. The van der Waals surface area contributed by atoms with Crippen molar-refractivity contribution in [2.75, 3.05) is 5.32 Å². The molecular formula is C22H23NO5. The highest BCUT2D eigenvalue weighted by Gasteiger charge is 2.42. The largest absolute Gasteiger partial charge is 0.482 e. The molecule has 1 N–H and O–H groups in total. The van der Waals surface area contributed by atoms with Crippen molar-refractivity contribution in [2.24, 2.45) is 0 Å². The van der Waals surface area contributed by atoms with E-state index in [0.717, 1.165) is 31.4 Å². The van der Waals surface area contributed by atoms with E-state index in [9.17, 15) is 4.79 Å². The Kier molecular flexibility index (Phi) is 4.07. The van der Waals surface area contributed by atoms with Crippen molar-refractivity contribution in [3.63, 3.8) is 0 Å². The predicted octanol–water partition coefficient (Wildman–Crippen LogP) is 4.29. The number of rotatable bonds is 2. The second-order valence-corrected chi connectivity index (χ2v) is 7.63. The van der Waals surface area contributed by atoms with E-state index in [1.807, 2.05) is 43.3 Å². The highest BCUT2D eigenvalue weighted by Crippen LogP contribution is 2.46. The van der Waals surface area contributed by atoms with Crippen molar-refractivity contribution < 1.29 is 23.7 Å². The first-order valence-corrected chi connectivity index (χ1v) is 9.87. The fourth-order valence-electron chi connectivity index (χ4n) is 4.09. The summed E-state index contributed by atoms with van der Waals surface area (Å²) < 4.78 is 23.9. The van der Waals surface area contributed by atoms with Gasteiger partial charge in [-0.25, -0.2) is 0 Å². The van der Waals surface area contributed by atoms with Crippen molar-refractivity contribution in [2.45, 2.75) is 57.0 Å². The van der Waals surface area contributed by atoms with Gasteiger partial charge in [0.05, 0.1) is 0 Å². The van der Waals surface area contributed by atoms with E-state index in [1.54, 1.807) is 6.07 Å². The van der Waals surface area contributed by atoms with Gasteiger partial charge in [0, 0.05) is 24.6 Å². The molecule has 5 rings (SSSR count). The molecule has 146 valence electrons. The van der Waals surface area contributed by atoms with Crippen LogP contribution in [0, 0.1) is 0 Å². The Hall–Kier alpha value is -2.89. The number of carbonyl (C=O) groups excluding carboxylic acids is 1. The maximum atomic E-state index is 12.8. The van der Waals surface area contributed by atoms with Crippen LogP contribution in [0.4, 0.5) is 5.69 Å². The van der Waals surface area contributed by atoms with Gasteiger partial charge in [-0.15, -0.1) is 0 Å². The van der Waals surface area contributed by atoms with Crippen LogP contribution in [0.1, 0.15) is 39.0 Å². The van der Waals surface area contributed by atoms with Gasteiger partial charge in [0.2, 0.25) is 6.10 Å². The lowest BCUT2D eigenvalue weighted by atomic mass is 9.94. The Morgan fingerprint density at radius 2 is 1.64 bits per heavy atom. The number of hydrogen-bond acceptors (Lipinski definition) is 5. The van der Waals surface area contributed by atoms with E-state index >= 15 is 0 Å². The molecule has 1 aliphatic carbocycles. The average molecular weight is 381 g/mol. The number of ether oxygens (including phenoxy) is 4. The van der Waals surface area contributed by atoms with E-state index in [0.29, 0.717) is 22.9 Å². The molecule has 3 aliphatic rings. The molecule has 0 radical (unpaired) electrons. The Balaban J connectivity index is 1.30. The fraction of sp³-hybridized carbons (Fsp3) is 0.409. The smallest absolute Gasteiger partial charge is 0.269 e. The normalized spacial score (nSPS) is 24.0. The van der Waals surface area contributed by atoms with E-state index in [1.165, 1.54) is 6.42 Å². The Morgan fingerprint density at radius 3 is 2.43 bits per heavy atom. The number of para-hydroxylation sites is 2. The minimum atomic E-state index is -0.731. The molecule has 2 aliphatic heterocycles. The average Bonchev–Trinajstić information content (AvgIpc) is 3.04. The van der Waals surface area contributed by atoms with Crippen LogP contribution in [0.5, 0.6) is 23.0 Å². The van der Waals surface area contributed by atoms with Crippen molar-refractivity contribution in [1.82, 2.24) is 0 Å². The first kappa shape index (κ1) is 17.2. The van der Waals surface area contributed by atoms with Gasteiger partial charge in [-0.2, -0.15) is 0 Å². The van der Waals surface area contributed by atoms with Crippen molar-refractivity contribution in [3.05, 3.63) is 42.5 Å². The van der Waals surface area contributed by atoms with Crippen molar-refractivity contribution in [3.8, 4) is 23.0 Å². The highest BCUT2D eigenvalue weighted by molar-refractivity contribution is 5.95. The third-order valence-electron chi connectivity index (χ3n) is 5.52. The summed E-state index contributed by atoms with van der Waals surface area (Å²) in [7, 11) is 0. The number of amides is 1. The summed E-state index contributed by atoms with van der Waals surface area (Å²) in [6.45, 7) is 1.83. The molecule has 28 heavy (non-hydrogen) atoms. The zero-order chi connectivity index (χ0) is 19.1. The third-order valence-corrected chi connectivity index (χ3v) is 5.52. The Morgan fingerprint density at radius 1 is 0.929 bits per heavy atom. The zero-order valence-electron chi connectivity index (χ0n) is 15.8. The maximum Gasteiger partial charge on any atom is 0.269 e. The molecular weight excluding hydrogens is 358 g/mol. The monoisotopic (exact) mass is 381 g/mol. The van der Waals surface area contributed by atoms with Crippen LogP contribution in [-0.4, -0.2) is 23.9 Å². The van der Waals surface area contributed by atoms with Gasteiger partial charge >= 0.3 is 0 Å². The summed E-state index contributed by atoms with van der Waals surface area (Å²) in [5.41, 5.74) is 0.648. The number of carbonyl (C=O) groups is 1. The molecule has 1 saturated carbocycles. The molecule has 2 aromatic rings. The molecule has 2 aromatic carbocycles. The van der Waals surface area contributed by atoms with Gasteiger partial charge in [0.1, 0.15) is 6.10 Å². The molecule has 6 nitrogen and oxygen atoms in total. The molecule has 1 spiro atoms. The van der Waals surface area contributed by atoms with Crippen LogP contribution in [0.3, 0.4) is 0 Å². The number of fused-ring (bicyclic) bond motifs is 2. The Labute approximate surface area is 163 Å². The summed E-state index contributed by atoms with van der Waals surface area (Å²) in [6, 6.07) is 12.9. The minimum absolute atomic E-state index is 0.256. The number of hydrogen-bond donors (Lipinski definition) is 1. The molecule has 0 saturated heterocycles. The van der Waals surface area contributed by atoms with E-state index in [2.05, 4.69) is 5.32 Å². The molecule has 1 amide bonds. The van der Waals surface area contributed by atoms with Gasteiger partial charge in [-0.05, 0) is 44.0 Å². The van der Waals surface area contributed by atoms with Crippen LogP contribution in [0.2, 0.25) is 0 Å². The molecule has 0 aromatic heterocycles. The van der Waals surface area contributed by atoms with Crippen LogP contribution in [0.15, 0.2) is 42.5 Å². The van der Waals surface area contributed by atoms with E-state index in [-0.39, 0.29) is 5.91 Å². The lowest BCUT2D eigenvalue weighted by molar-refractivity contribution is -0.128. The lowest BCUT2D eigenvalue weighted by Gasteiger charge is -2.31. The van der Waals surface area contributed by atoms with Crippen molar-refractivity contribution in [1.29, 1.82) is 0 Å². The van der Waals surface area contributed by atoms with Gasteiger partial charge in [-0.3, -0.25) is 4.79 Å². The highest BCUT2D eigenvalue weighted by atomic mass is 16.7.